The number of aliphatic hydroxyl groups excluding tert-OH is 4. The van der Waals surface area contributed by atoms with E-state index in [0.29, 0.717) is 0 Å². The van der Waals surface area contributed by atoms with Gasteiger partial charge in [-0.15, -0.1) is 0 Å². The summed E-state index contributed by atoms with van der Waals surface area (Å²) in [5.41, 5.74) is 43.8. The Kier molecular flexibility index (Phi) is 48.2. The van der Waals surface area contributed by atoms with Gasteiger partial charge in [0.05, 0.1) is 43.7 Å². The quantitative estimate of drug-likeness (QED) is 0.0116. The van der Waals surface area contributed by atoms with Gasteiger partial charge < -0.3 is 146 Å². The van der Waals surface area contributed by atoms with Crippen LogP contribution < -0.4 is 120 Å². The van der Waals surface area contributed by atoms with Gasteiger partial charge in [0.1, 0.15) is 90.6 Å². The van der Waals surface area contributed by atoms with E-state index < -0.39 is 276 Å². The number of aliphatic carboxylic acids is 1. The molecule has 0 aliphatic heterocycles. The van der Waals surface area contributed by atoms with Crippen LogP contribution in [-0.2, 0) is 86.3 Å². The highest BCUT2D eigenvalue weighted by atomic mass is 32.1. The van der Waals surface area contributed by atoms with Gasteiger partial charge in [-0.3, -0.25) is 91.5 Å². The standard InChI is InChI=1S/C68H122N24O23S2/c1-13-29(8)48(89-56(104)38(22-43(70)98)83-64(112)50(32(11)95)91-59(107)45(72)30(9)93)62(110)88-47(28(6)7)61(109)92-51(33(12)96)63(111)80-34(16-14-18-77-67(73)74)52(100)85-40(24-116)57(105)81-36(20-26(2)3)54(102)82-37(21-42(69)97)55(103)79-35(17-15-19-78-68(75)76)53(101)87-46(27(4)5)60(108)86-41(25-117)58(106)90-49(31(10)94)65(113)84-39(66(114)115)23-44(71)99/h26-41,45-51,93-96,116-117H,13-25,72H2,1-12H3,(H2,69,97)(H2,70,98)(H2,71,99)(H,79,103)(H,80,111)(H,81,105)(H,82,102)(H,83,112)(H,84,113)(H,85,100)(H,86,108)(H,87,101)(H,88,110)(H,89,104)(H,90,106)(H,91,107)(H,92,109)(H,114,115)(H4,73,74,77)(H4,75,76,78)/t29-,30+,31+,32+,33+,34-,35-,36-,37-,38-,39-,40-,41-,45-,46-,47-,48-,49-,50-,51-/m0/s1. The van der Waals surface area contributed by atoms with Crippen molar-refractivity contribution < 1.29 is 112 Å². The average Bonchev–Trinajstić information content (AvgIpc) is 0.854. The lowest BCUT2D eigenvalue weighted by molar-refractivity contribution is -0.144. The molecule has 17 amide bonds. The summed E-state index contributed by atoms with van der Waals surface area (Å²) >= 11 is 8.39. The van der Waals surface area contributed by atoms with E-state index in [9.17, 15) is 112 Å². The lowest BCUT2D eigenvalue weighted by Crippen LogP contribution is -2.63. The summed E-state index contributed by atoms with van der Waals surface area (Å²) in [6, 6.07) is -25.6. The molecule has 0 fully saturated rings. The van der Waals surface area contributed by atoms with Crippen LogP contribution in [0.15, 0.2) is 9.98 Å². The minimum Gasteiger partial charge on any atom is -0.480 e. The molecule has 0 bridgehead atoms. The number of amides is 17. The number of hydrogen-bond acceptors (Lipinski definition) is 27. The van der Waals surface area contributed by atoms with Gasteiger partial charge in [0.25, 0.3) is 0 Å². The molecule has 0 saturated heterocycles. The first-order chi connectivity index (χ1) is 54.3. The number of nitrogens with one attached hydrogen (secondary N) is 14. The van der Waals surface area contributed by atoms with Crippen LogP contribution in [0.5, 0.6) is 0 Å². The molecule has 0 aromatic carbocycles. The van der Waals surface area contributed by atoms with E-state index in [1.54, 1.807) is 20.8 Å². The number of guanidine groups is 2. The predicted molar refractivity (Wildman–Crippen MR) is 427 cm³/mol. The summed E-state index contributed by atoms with van der Waals surface area (Å²) in [5, 5.41) is 84.0. The van der Waals surface area contributed by atoms with Gasteiger partial charge in [-0.25, -0.2) is 4.79 Å². The van der Waals surface area contributed by atoms with E-state index in [2.05, 4.69) is 104 Å². The minimum atomic E-state index is -1.92. The third-order valence-corrected chi connectivity index (χ3v) is 18.3. The number of aliphatic hydroxyl groups is 4. The molecule has 0 rings (SSSR count). The van der Waals surface area contributed by atoms with Crippen molar-refractivity contribution in [3.8, 4) is 0 Å². The largest absolute Gasteiger partial charge is 0.480 e. The topological polar surface area (TPSA) is 810 Å². The summed E-state index contributed by atoms with van der Waals surface area (Å²) < 4.78 is 0. The second-order valence-electron chi connectivity index (χ2n) is 29.0. The van der Waals surface area contributed by atoms with Crippen LogP contribution in [0.25, 0.3) is 0 Å². The zero-order valence-electron chi connectivity index (χ0n) is 67.5. The molecule has 117 heavy (non-hydrogen) atoms. The van der Waals surface area contributed by atoms with Crippen LogP contribution in [-0.4, -0.2) is 283 Å². The number of thiol groups is 2. The molecule has 49 heteroatoms. The fourth-order valence-corrected chi connectivity index (χ4v) is 11.2. The second-order valence-corrected chi connectivity index (χ2v) is 29.7. The molecule has 35 N–H and O–H groups in total. The van der Waals surface area contributed by atoms with E-state index >= 15 is 0 Å². The van der Waals surface area contributed by atoms with E-state index in [1.165, 1.54) is 41.5 Å². The van der Waals surface area contributed by atoms with Crippen LogP contribution in [0, 0.1) is 23.7 Å². The zero-order valence-corrected chi connectivity index (χ0v) is 69.3. The Bertz CT molecular complexity index is 3490. The average molecular weight is 1710 g/mol. The number of rotatable bonds is 55. The number of hydrogen-bond donors (Lipinski definition) is 29. The maximum atomic E-state index is 14.4. The van der Waals surface area contributed by atoms with Gasteiger partial charge in [-0.05, 0) is 83.5 Å². The Labute approximate surface area is 687 Å². The van der Waals surface area contributed by atoms with E-state index in [4.69, 9.17) is 45.9 Å². The Morgan fingerprint density at radius 1 is 0.325 bits per heavy atom. The highest BCUT2D eigenvalue weighted by Gasteiger charge is 2.42. The van der Waals surface area contributed by atoms with Gasteiger partial charge in [0, 0.05) is 24.6 Å². The minimum absolute atomic E-state index is 0.0483. The van der Waals surface area contributed by atoms with Crippen molar-refractivity contribution in [1.82, 2.24) is 74.4 Å². The first-order valence-corrected chi connectivity index (χ1v) is 38.7. The van der Waals surface area contributed by atoms with Crippen molar-refractivity contribution in [3.05, 3.63) is 0 Å². The van der Waals surface area contributed by atoms with Crippen LogP contribution in [0.1, 0.15) is 141 Å². The lowest BCUT2D eigenvalue weighted by atomic mass is 9.95. The van der Waals surface area contributed by atoms with Crippen LogP contribution in [0.2, 0.25) is 0 Å². The smallest absolute Gasteiger partial charge is 0.326 e. The number of carbonyl (C=O) groups is 18. The fourth-order valence-electron chi connectivity index (χ4n) is 10.7. The van der Waals surface area contributed by atoms with Crippen molar-refractivity contribution in [2.45, 2.75) is 256 Å². The Balaban J connectivity index is 7.15. The molecule has 0 radical (unpaired) electrons. The molecular weight excluding hydrogens is 1590 g/mol. The fraction of sp³-hybridized carbons (Fsp3) is 0.706. The van der Waals surface area contributed by atoms with Crippen molar-refractivity contribution in [3.63, 3.8) is 0 Å². The summed E-state index contributed by atoms with van der Waals surface area (Å²) in [6.07, 6.45) is -9.88. The normalized spacial score (nSPS) is 16.4. The molecule has 0 heterocycles. The molecule has 664 valence electrons. The highest BCUT2D eigenvalue weighted by molar-refractivity contribution is 7.80. The number of aliphatic imine (C=N–C) groups is 2. The number of carboxylic acid groups (broad SMARTS) is 1. The van der Waals surface area contributed by atoms with Crippen molar-refractivity contribution in [1.29, 1.82) is 0 Å². The highest BCUT2D eigenvalue weighted by Crippen LogP contribution is 2.16. The van der Waals surface area contributed by atoms with Gasteiger partial charge >= 0.3 is 5.97 Å². The molecule has 0 aliphatic carbocycles. The Morgan fingerprint density at radius 2 is 0.581 bits per heavy atom. The summed E-state index contributed by atoms with van der Waals surface area (Å²) in [6.45, 7) is 16.5. The molecule has 20 atom stereocenters. The summed E-state index contributed by atoms with van der Waals surface area (Å²) in [4.78, 5) is 251. The number of nitrogens with zero attached hydrogens (tertiary/aromatic N) is 2. The summed E-state index contributed by atoms with van der Waals surface area (Å²) in [5.74, 6) is -25.4. The lowest BCUT2D eigenvalue weighted by Gasteiger charge is -2.31. The van der Waals surface area contributed by atoms with Gasteiger partial charge in [0.15, 0.2) is 11.9 Å². The maximum Gasteiger partial charge on any atom is 0.326 e. The van der Waals surface area contributed by atoms with Crippen molar-refractivity contribution >= 4 is 144 Å². The van der Waals surface area contributed by atoms with Gasteiger partial charge in [0.2, 0.25) is 100 Å². The first-order valence-electron chi connectivity index (χ1n) is 37.4. The van der Waals surface area contributed by atoms with E-state index in [1.807, 2.05) is 5.32 Å². The molecule has 0 aromatic rings. The first kappa shape index (κ1) is 106. The van der Waals surface area contributed by atoms with Crippen LogP contribution in [0.3, 0.4) is 0 Å². The summed E-state index contributed by atoms with van der Waals surface area (Å²) in [7, 11) is 0. The molecule has 47 nitrogen and oxygen atoms in total. The predicted octanol–water partition coefficient (Wildman–Crippen LogP) is -12.3. The van der Waals surface area contributed by atoms with Crippen LogP contribution in [0.4, 0.5) is 0 Å². The molecule has 0 spiro atoms. The van der Waals surface area contributed by atoms with Crippen molar-refractivity contribution in [2.24, 2.45) is 79.5 Å². The number of primary amides is 3. The Hall–Kier alpha value is -10.5. The monoisotopic (exact) mass is 1710 g/mol. The molecule has 0 unspecified atom stereocenters. The van der Waals surface area contributed by atoms with Gasteiger partial charge in [-0.2, -0.15) is 25.3 Å². The molecule has 0 saturated carbocycles. The zero-order chi connectivity index (χ0) is 90.3. The van der Waals surface area contributed by atoms with E-state index in [0.717, 1.165) is 20.8 Å². The third-order valence-electron chi connectivity index (χ3n) is 17.5. The SMILES string of the molecule is CC[C@H](C)[C@H](NC(=O)[C@H](CC(N)=O)NC(=O)[C@@H](NC(=O)[C@@H](N)[C@@H](C)O)[C@@H](C)O)C(=O)N[C@H](C(=O)N[C@H](C(=O)N[C@@H](CCCN=C(N)N)C(=O)N[C@@H](CS)C(=O)N[C@@H](CC(C)C)C(=O)N[C@@H](CC(N)=O)C(=O)N[C@@H](CCCN=C(N)N)C(=O)N[C@H](C(=O)N[C@@H](CS)C(=O)N[C@H](C(=O)N[C@@H](CC(N)=O)C(=O)O)[C@@H](C)O)C(C)C)[C@@H](C)O)C(C)C. The van der Waals surface area contributed by atoms with E-state index in [-0.39, 0.29) is 63.5 Å². The molecular formula is C68H122N24O23S2. The van der Waals surface area contributed by atoms with Gasteiger partial charge in [-0.1, -0.05) is 61.8 Å². The maximum absolute atomic E-state index is 14.4. The number of nitrogens with two attached hydrogens (primary N) is 8. The third kappa shape index (κ3) is 39.3. The molecule has 0 aromatic heterocycles. The second kappa shape index (κ2) is 53.0. The van der Waals surface area contributed by atoms with Crippen molar-refractivity contribution in [2.75, 3.05) is 24.6 Å². The number of carboxylic acids is 1. The van der Waals surface area contributed by atoms with Crippen LogP contribution >= 0.6 is 25.3 Å². The molecule has 0 aliphatic rings. The number of carbonyl (C=O) groups excluding carboxylic acids is 17. The Morgan fingerprint density at radius 3 is 0.949 bits per heavy atom.